The third-order valence-corrected chi connectivity index (χ3v) is 4.15. The standard InChI is InChI=1S/C18H18N2O6/c1-19-11(8-15(21)20(2)18(19)23)9-25-17(22)16-13(10-24-3)12-6-4-5-7-14(12)26-16/h4-8H,9-10H2,1-3H3. The number of nitrogens with zero attached hydrogens (tertiary/aromatic N) is 2. The molecular weight excluding hydrogens is 340 g/mol. The summed E-state index contributed by atoms with van der Waals surface area (Å²) >= 11 is 0. The van der Waals surface area contributed by atoms with E-state index in [1.54, 1.807) is 12.1 Å². The van der Waals surface area contributed by atoms with Gasteiger partial charge in [-0.05, 0) is 6.07 Å². The fourth-order valence-electron chi connectivity index (χ4n) is 2.67. The van der Waals surface area contributed by atoms with Gasteiger partial charge in [0, 0.05) is 38.2 Å². The second kappa shape index (κ2) is 7.01. The molecule has 3 rings (SSSR count). The van der Waals surface area contributed by atoms with E-state index in [1.807, 2.05) is 12.1 Å². The van der Waals surface area contributed by atoms with Gasteiger partial charge in [0.05, 0.1) is 12.3 Å². The fourth-order valence-corrected chi connectivity index (χ4v) is 2.67. The second-order valence-electron chi connectivity index (χ2n) is 5.79. The SMILES string of the molecule is COCc1c(C(=O)OCc2cc(=O)n(C)c(=O)n2C)oc2ccccc12. The van der Waals surface area contributed by atoms with Gasteiger partial charge in [-0.2, -0.15) is 0 Å². The average Bonchev–Trinajstić information content (AvgIpc) is 3.01. The summed E-state index contributed by atoms with van der Waals surface area (Å²) in [6.45, 7) is -0.0457. The smallest absolute Gasteiger partial charge is 0.375 e. The molecule has 0 saturated heterocycles. The Bertz CT molecular complexity index is 1090. The molecule has 0 bridgehead atoms. The molecular formula is C18H18N2O6. The predicted molar refractivity (Wildman–Crippen MR) is 93.0 cm³/mol. The summed E-state index contributed by atoms with van der Waals surface area (Å²) in [7, 11) is 4.40. The monoisotopic (exact) mass is 358 g/mol. The van der Waals surface area contributed by atoms with Gasteiger partial charge in [-0.25, -0.2) is 9.59 Å². The van der Waals surface area contributed by atoms with Crippen molar-refractivity contribution in [2.45, 2.75) is 13.2 Å². The first-order valence-corrected chi connectivity index (χ1v) is 7.86. The summed E-state index contributed by atoms with van der Waals surface area (Å²) in [4.78, 5) is 36.2. The molecule has 0 radical (unpaired) electrons. The van der Waals surface area contributed by atoms with E-state index in [0.29, 0.717) is 11.1 Å². The molecule has 0 unspecified atom stereocenters. The fraction of sp³-hybridized carbons (Fsp3) is 0.278. The van der Waals surface area contributed by atoms with E-state index in [9.17, 15) is 14.4 Å². The maximum atomic E-state index is 12.5. The van der Waals surface area contributed by atoms with Crippen LogP contribution in [0.15, 0.2) is 44.3 Å². The molecule has 0 spiro atoms. The summed E-state index contributed by atoms with van der Waals surface area (Å²) in [6, 6.07) is 8.46. The van der Waals surface area contributed by atoms with Gasteiger partial charge < -0.3 is 13.9 Å². The van der Waals surface area contributed by atoms with Crippen molar-refractivity contribution in [2.24, 2.45) is 14.1 Å². The number of aromatic nitrogens is 2. The second-order valence-corrected chi connectivity index (χ2v) is 5.79. The summed E-state index contributed by atoms with van der Waals surface area (Å²) in [6.07, 6.45) is 0. The van der Waals surface area contributed by atoms with Gasteiger partial charge >= 0.3 is 11.7 Å². The molecule has 136 valence electrons. The van der Waals surface area contributed by atoms with E-state index in [4.69, 9.17) is 13.9 Å². The van der Waals surface area contributed by atoms with Gasteiger partial charge in [0.1, 0.15) is 12.2 Å². The number of rotatable bonds is 5. The lowest BCUT2D eigenvalue weighted by Gasteiger charge is -2.10. The number of esters is 1. The molecule has 0 saturated carbocycles. The maximum Gasteiger partial charge on any atom is 0.375 e. The molecule has 0 atom stereocenters. The lowest BCUT2D eigenvalue weighted by atomic mass is 10.1. The van der Waals surface area contributed by atoms with Gasteiger partial charge in [-0.15, -0.1) is 0 Å². The zero-order valence-corrected chi connectivity index (χ0v) is 14.6. The van der Waals surface area contributed by atoms with Crippen molar-refractivity contribution in [3.8, 4) is 0 Å². The van der Waals surface area contributed by atoms with Crippen LogP contribution in [0.4, 0.5) is 0 Å². The molecule has 0 fully saturated rings. The van der Waals surface area contributed by atoms with Crippen molar-refractivity contribution in [1.29, 1.82) is 0 Å². The highest BCUT2D eigenvalue weighted by molar-refractivity contribution is 5.96. The van der Waals surface area contributed by atoms with Crippen LogP contribution in [-0.4, -0.2) is 22.2 Å². The predicted octanol–water partition coefficient (Wildman–Crippen LogP) is 1.33. The molecule has 8 heteroatoms. The largest absolute Gasteiger partial charge is 0.453 e. The Morgan fingerprint density at radius 1 is 1.12 bits per heavy atom. The summed E-state index contributed by atoms with van der Waals surface area (Å²) in [5, 5.41) is 0.766. The highest BCUT2D eigenvalue weighted by atomic mass is 16.5. The summed E-state index contributed by atoms with van der Waals surface area (Å²) in [5.74, 6) is -0.650. The first-order valence-electron chi connectivity index (χ1n) is 7.86. The van der Waals surface area contributed by atoms with E-state index in [0.717, 1.165) is 9.95 Å². The molecule has 0 N–H and O–H groups in total. The minimum Gasteiger partial charge on any atom is -0.453 e. The molecule has 2 heterocycles. The summed E-state index contributed by atoms with van der Waals surface area (Å²) < 4.78 is 18.3. The normalized spacial score (nSPS) is 11.0. The third kappa shape index (κ3) is 3.06. The number of hydrogen-bond donors (Lipinski definition) is 0. The molecule has 26 heavy (non-hydrogen) atoms. The zero-order chi connectivity index (χ0) is 18.8. The number of ether oxygens (including phenoxy) is 2. The number of fused-ring (bicyclic) bond motifs is 1. The Kier molecular flexibility index (Phi) is 4.77. The van der Waals surface area contributed by atoms with Crippen molar-refractivity contribution >= 4 is 16.9 Å². The minimum atomic E-state index is -0.693. The van der Waals surface area contributed by atoms with Crippen LogP contribution in [0.5, 0.6) is 0 Å². The van der Waals surface area contributed by atoms with Crippen LogP contribution in [0.3, 0.4) is 0 Å². The Balaban J connectivity index is 1.90. The molecule has 0 aliphatic heterocycles. The van der Waals surface area contributed by atoms with Crippen molar-refractivity contribution in [3.63, 3.8) is 0 Å². The topological polar surface area (TPSA) is 92.7 Å². The number of carbonyl (C=O) groups excluding carboxylic acids is 1. The van der Waals surface area contributed by atoms with E-state index in [-0.39, 0.29) is 24.7 Å². The number of furan rings is 1. The van der Waals surface area contributed by atoms with E-state index >= 15 is 0 Å². The maximum absolute atomic E-state index is 12.5. The lowest BCUT2D eigenvalue weighted by Crippen LogP contribution is -2.38. The Morgan fingerprint density at radius 2 is 1.85 bits per heavy atom. The van der Waals surface area contributed by atoms with Crippen LogP contribution in [0.1, 0.15) is 21.8 Å². The number of hydrogen-bond acceptors (Lipinski definition) is 6. The van der Waals surface area contributed by atoms with Gasteiger partial charge in [-0.3, -0.25) is 13.9 Å². The molecule has 0 aliphatic carbocycles. The quantitative estimate of drug-likeness (QED) is 0.639. The van der Waals surface area contributed by atoms with Crippen molar-refractivity contribution in [2.75, 3.05) is 7.11 Å². The van der Waals surface area contributed by atoms with Gasteiger partial charge in [-0.1, -0.05) is 18.2 Å². The van der Waals surface area contributed by atoms with E-state index in [2.05, 4.69) is 0 Å². The minimum absolute atomic E-state index is 0.0434. The Morgan fingerprint density at radius 3 is 2.58 bits per heavy atom. The molecule has 2 aromatic heterocycles. The lowest BCUT2D eigenvalue weighted by molar-refractivity contribution is 0.0422. The molecule has 0 amide bonds. The van der Waals surface area contributed by atoms with Crippen LogP contribution in [-0.2, 0) is 36.8 Å². The molecule has 3 aromatic rings. The number of carbonyl (C=O) groups is 1. The highest BCUT2D eigenvalue weighted by Crippen LogP contribution is 2.27. The van der Waals surface area contributed by atoms with Crippen LogP contribution < -0.4 is 11.2 Å². The van der Waals surface area contributed by atoms with Gasteiger partial charge in [0.25, 0.3) is 5.56 Å². The molecule has 1 aromatic carbocycles. The van der Waals surface area contributed by atoms with Crippen LogP contribution in [0.25, 0.3) is 11.0 Å². The number of benzene rings is 1. The van der Waals surface area contributed by atoms with Crippen molar-refractivity contribution in [3.05, 3.63) is 68.2 Å². The third-order valence-electron chi connectivity index (χ3n) is 4.15. The Labute approximate surface area is 148 Å². The average molecular weight is 358 g/mol. The first kappa shape index (κ1) is 17.7. The van der Waals surface area contributed by atoms with Crippen molar-refractivity contribution in [1.82, 2.24) is 9.13 Å². The first-order chi connectivity index (χ1) is 12.4. The summed E-state index contributed by atoms with van der Waals surface area (Å²) in [5.41, 5.74) is 0.463. The highest BCUT2D eigenvalue weighted by Gasteiger charge is 2.22. The molecule has 8 nitrogen and oxygen atoms in total. The van der Waals surface area contributed by atoms with E-state index in [1.165, 1.54) is 31.8 Å². The van der Waals surface area contributed by atoms with Crippen LogP contribution in [0.2, 0.25) is 0 Å². The van der Waals surface area contributed by atoms with Crippen LogP contribution in [0, 0.1) is 0 Å². The van der Waals surface area contributed by atoms with Crippen molar-refractivity contribution < 1.29 is 18.7 Å². The van der Waals surface area contributed by atoms with Gasteiger partial charge in [0.2, 0.25) is 5.76 Å². The zero-order valence-electron chi connectivity index (χ0n) is 14.6. The van der Waals surface area contributed by atoms with Crippen LogP contribution >= 0.6 is 0 Å². The molecule has 0 aliphatic rings. The number of para-hydroxylation sites is 1. The number of methoxy groups -OCH3 is 1. The Hall–Kier alpha value is -3.13. The van der Waals surface area contributed by atoms with E-state index < -0.39 is 17.2 Å². The van der Waals surface area contributed by atoms with Gasteiger partial charge in [0.15, 0.2) is 0 Å².